The van der Waals surface area contributed by atoms with Gasteiger partial charge in [-0.05, 0) is 94.6 Å². The lowest BCUT2D eigenvalue weighted by molar-refractivity contribution is -0.123. The van der Waals surface area contributed by atoms with Gasteiger partial charge in [0.25, 0.3) is 0 Å². The van der Waals surface area contributed by atoms with E-state index < -0.39 is 10.8 Å². The summed E-state index contributed by atoms with van der Waals surface area (Å²) in [5.74, 6) is 0.280. The molecule has 0 aromatic heterocycles. The molecule has 1 aliphatic heterocycles. The summed E-state index contributed by atoms with van der Waals surface area (Å²) in [6, 6.07) is 13.3. The molecule has 1 atom stereocenters. The Kier molecular flexibility index (Phi) is 7.46. The number of Topliss-reactive ketones (excluding diaryl/α,β-unsaturated/α-hetero) is 2. The summed E-state index contributed by atoms with van der Waals surface area (Å²) >= 11 is 12.4. The van der Waals surface area contributed by atoms with E-state index in [9.17, 15) is 9.59 Å². The summed E-state index contributed by atoms with van der Waals surface area (Å²) in [7, 11) is 0. The van der Waals surface area contributed by atoms with E-state index in [0.717, 1.165) is 42.7 Å². The third-order valence-electron chi connectivity index (χ3n) is 6.79. The highest BCUT2D eigenvalue weighted by Crippen LogP contribution is 2.37. The van der Waals surface area contributed by atoms with Crippen molar-refractivity contribution in [1.29, 1.82) is 0 Å². The Labute approximate surface area is 194 Å². The van der Waals surface area contributed by atoms with Crippen LogP contribution in [0.4, 0.5) is 5.69 Å². The molecule has 0 spiro atoms. The minimum atomic E-state index is -0.616. The van der Waals surface area contributed by atoms with Crippen molar-refractivity contribution in [2.45, 2.75) is 50.9 Å². The van der Waals surface area contributed by atoms with Crippen LogP contribution in [0.25, 0.3) is 0 Å². The van der Waals surface area contributed by atoms with Crippen molar-refractivity contribution in [2.24, 2.45) is 0 Å². The summed E-state index contributed by atoms with van der Waals surface area (Å²) in [6.07, 6.45) is 2.15. The van der Waals surface area contributed by atoms with Gasteiger partial charge < -0.3 is 10.6 Å². The van der Waals surface area contributed by atoms with Crippen LogP contribution in [0.2, 0.25) is 10.0 Å². The van der Waals surface area contributed by atoms with E-state index in [1.807, 2.05) is 49.4 Å². The first-order chi connectivity index (χ1) is 14.7. The van der Waals surface area contributed by atoms with Crippen LogP contribution in [-0.2, 0) is 20.4 Å². The van der Waals surface area contributed by atoms with Gasteiger partial charge in [-0.15, -0.1) is 0 Å². The molecule has 6 heteroatoms. The van der Waals surface area contributed by atoms with E-state index in [1.165, 1.54) is 0 Å². The Morgan fingerprint density at radius 2 is 1.68 bits per heavy atom. The topological polar surface area (TPSA) is 58.2 Å². The number of ketones is 2. The smallest absolute Gasteiger partial charge is 0.140 e. The number of rotatable bonds is 8. The molecule has 0 aliphatic carbocycles. The van der Waals surface area contributed by atoms with Crippen LogP contribution in [0.1, 0.15) is 51.2 Å². The molecule has 0 bridgehead atoms. The molecule has 2 aromatic carbocycles. The molecule has 3 rings (SSSR count). The summed E-state index contributed by atoms with van der Waals surface area (Å²) in [5.41, 5.74) is 1.66. The van der Waals surface area contributed by atoms with E-state index >= 15 is 0 Å². The van der Waals surface area contributed by atoms with Crippen LogP contribution < -0.4 is 10.6 Å². The van der Waals surface area contributed by atoms with Crippen molar-refractivity contribution in [2.75, 3.05) is 25.0 Å². The number of nitrogens with one attached hydrogen (secondary N) is 2. The van der Waals surface area contributed by atoms with Crippen molar-refractivity contribution in [3.05, 3.63) is 63.6 Å². The summed E-state index contributed by atoms with van der Waals surface area (Å²) < 4.78 is 0. The maximum atomic E-state index is 12.6. The Balaban J connectivity index is 1.79. The predicted octanol–water partition coefficient (Wildman–Crippen LogP) is 5.55. The molecule has 0 amide bonds. The highest BCUT2D eigenvalue weighted by Gasteiger charge is 2.39. The molecule has 2 N–H and O–H groups in total. The molecule has 2 aromatic rings. The number of piperidine rings is 1. The number of halogens is 2. The largest absolute Gasteiger partial charge is 0.385 e. The fraction of sp³-hybridized carbons (Fsp3) is 0.440. The molecule has 31 heavy (non-hydrogen) atoms. The van der Waals surface area contributed by atoms with Crippen LogP contribution in [0.3, 0.4) is 0 Å². The third-order valence-corrected chi connectivity index (χ3v) is 7.26. The lowest BCUT2D eigenvalue weighted by Gasteiger charge is -2.36. The maximum Gasteiger partial charge on any atom is 0.140 e. The van der Waals surface area contributed by atoms with E-state index in [4.69, 9.17) is 23.2 Å². The van der Waals surface area contributed by atoms with E-state index in [1.54, 1.807) is 13.8 Å². The van der Waals surface area contributed by atoms with E-state index in [2.05, 4.69) is 10.6 Å². The van der Waals surface area contributed by atoms with Crippen LogP contribution in [0.5, 0.6) is 0 Å². The lowest BCUT2D eigenvalue weighted by Crippen LogP contribution is -2.44. The summed E-state index contributed by atoms with van der Waals surface area (Å²) in [4.78, 5) is 25.1. The Morgan fingerprint density at radius 3 is 2.26 bits per heavy atom. The van der Waals surface area contributed by atoms with E-state index in [0.29, 0.717) is 23.0 Å². The number of hydrogen-bond acceptors (Lipinski definition) is 4. The number of hydrogen-bond donors (Lipinski definition) is 2. The number of carbonyl (C=O) groups excluding carboxylic acids is 2. The van der Waals surface area contributed by atoms with Gasteiger partial charge in [0.05, 0.1) is 10.8 Å². The van der Waals surface area contributed by atoms with Gasteiger partial charge in [-0.1, -0.05) is 35.3 Å². The first-order valence-electron chi connectivity index (χ1n) is 10.7. The zero-order valence-electron chi connectivity index (χ0n) is 18.4. The second-order valence-electron chi connectivity index (χ2n) is 8.69. The minimum absolute atomic E-state index is 0.105. The molecule has 166 valence electrons. The predicted molar refractivity (Wildman–Crippen MR) is 129 cm³/mol. The average Bonchev–Trinajstić information content (AvgIpc) is 2.74. The van der Waals surface area contributed by atoms with Crippen molar-refractivity contribution >= 4 is 40.5 Å². The molecular weight excluding hydrogens is 431 g/mol. The monoisotopic (exact) mass is 460 g/mol. The van der Waals surface area contributed by atoms with Crippen molar-refractivity contribution in [3.63, 3.8) is 0 Å². The molecule has 1 heterocycles. The quantitative estimate of drug-likeness (QED) is 0.541. The van der Waals surface area contributed by atoms with Crippen LogP contribution in [-0.4, -0.2) is 31.2 Å². The third kappa shape index (κ3) is 5.14. The zero-order chi connectivity index (χ0) is 22.6. The Morgan fingerprint density at radius 1 is 1.03 bits per heavy atom. The van der Waals surface area contributed by atoms with Crippen LogP contribution >= 0.6 is 23.2 Å². The Hall–Kier alpha value is -1.88. The number of anilines is 1. The maximum absolute atomic E-state index is 12.6. The lowest BCUT2D eigenvalue weighted by atomic mass is 9.70. The van der Waals surface area contributed by atoms with E-state index in [-0.39, 0.29) is 11.6 Å². The number of carbonyl (C=O) groups is 2. The van der Waals surface area contributed by atoms with Crippen molar-refractivity contribution in [1.82, 2.24) is 5.32 Å². The molecular formula is C25H30Cl2N2O2. The highest BCUT2D eigenvalue weighted by atomic mass is 35.5. The first kappa shape index (κ1) is 23.8. The molecule has 1 fully saturated rings. The van der Waals surface area contributed by atoms with Gasteiger partial charge in [0.15, 0.2) is 0 Å². The van der Waals surface area contributed by atoms with Gasteiger partial charge in [0, 0.05) is 22.3 Å². The Bertz CT molecular complexity index is 952. The molecule has 0 saturated carbocycles. The fourth-order valence-electron chi connectivity index (χ4n) is 4.46. The van der Waals surface area contributed by atoms with Crippen molar-refractivity contribution in [3.8, 4) is 0 Å². The van der Waals surface area contributed by atoms with Gasteiger partial charge in [-0.3, -0.25) is 9.59 Å². The standard InChI is InChI=1S/C25H30Cl2N2O2/c1-17(30)24(3,19-4-6-21(26)7-5-19)8-13-29-23-15-20(14-22(27)16-23)25(18(2)31)9-11-28-12-10-25/h4-7,14-16,28-29H,8-13H2,1-3H3. The second kappa shape index (κ2) is 9.72. The molecule has 1 aliphatic rings. The normalized spacial score (nSPS) is 17.6. The minimum Gasteiger partial charge on any atom is -0.385 e. The van der Waals surface area contributed by atoms with Crippen molar-refractivity contribution < 1.29 is 9.59 Å². The van der Waals surface area contributed by atoms with Gasteiger partial charge in [-0.2, -0.15) is 0 Å². The SMILES string of the molecule is CC(=O)C(C)(CCNc1cc(Cl)cc(C2(C(C)=O)CCNCC2)c1)c1ccc(Cl)cc1. The van der Waals surface area contributed by atoms with Gasteiger partial charge in [0.1, 0.15) is 11.6 Å². The number of benzene rings is 2. The zero-order valence-corrected chi connectivity index (χ0v) is 19.9. The average molecular weight is 461 g/mol. The molecule has 1 unspecified atom stereocenters. The molecule has 1 saturated heterocycles. The van der Waals surface area contributed by atoms with Gasteiger partial charge >= 0.3 is 0 Å². The van der Waals surface area contributed by atoms with Gasteiger partial charge in [-0.25, -0.2) is 0 Å². The highest BCUT2D eigenvalue weighted by molar-refractivity contribution is 6.31. The molecule has 0 radical (unpaired) electrons. The summed E-state index contributed by atoms with van der Waals surface area (Å²) in [6.45, 7) is 7.47. The second-order valence-corrected chi connectivity index (χ2v) is 9.56. The summed E-state index contributed by atoms with van der Waals surface area (Å²) in [5, 5.41) is 8.01. The van der Waals surface area contributed by atoms with Gasteiger partial charge in [0.2, 0.25) is 0 Å². The fourth-order valence-corrected chi connectivity index (χ4v) is 4.82. The van der Waals surface area contributed by atoms with Crippen LogP contribution in [0, 0.1) is 0 Å². The first-order valence-corrected chi connectivity index (χ1v) is 11.5. The van der Waals surface area contributed by atoms with Crippen LogP contribution in [0.15, 0.2) is 42.5 Å². The molecule has 4 nitrogen and oxygen atoms in total.